The molecular weight excluding hydrogens is 622 g/mol. The number of carbonyl (C=O) groups excluding carboxylic acids is 3. The molecule has 2 aromatic carbocycles. The zero-order chi connectivity index (χ0) is 31.2. The van der Waals surface area contributed by atoms with Crippen molar-refractivity contribution in [3.8, 4) is 5.75 Å². The fraction of sp³-hybridized carbons (Fsp3) is 0.464. The first-order chi connectivity index (χ1) is 18.9. The van der Waals surface area contributed by atoms with Crippen molar-refractivity contribution in [3.63, 3.8) is 0 Å². The fourth-order valence-electron chi connectivity index (χ4n) is 4.40. The van der Waals surface area contributed by atoms with E-state index in [0.29, 0.717) is 5.56 Å². The van der Waals surface area contributed by atoms with Gasteiger partial charge in [-0.3, -0.25) is 14.4 Å². The molecule has 0 saturated carbocycles. The summed E-state index contributed by atoms with van der Waals surface area (Å²) in [6.45, 7) is 6.41. The van der Waals surface area contributed by atoms with Crippen LogP contribution in [-0.2, 0) is 20.8 Å². The number of hydrogen-bond donors (Lipinski definition) is 3. The quantitative estimate of drug-likeness (QED) is 0.217. The van der Waals surface area contributed by atoms with Gasteiger partial charge in [-0.15, -0.1) is 0 Å². The summed E-state index contributed by atoms with van der Waals surface area (Å²) >= 11 is 24.4. The second kappa shape index (κ2) is 14.8. The number of benzene rings is 2. The lowest BCUT2D eigenvalue weighted by molar-refractivity contribution is -0.163. The summed E-state index contributed by atoms with van der Waals surface area (Å²) in [6.07, 6.45) is -1.62. The number of nitrogens with two attached hydrogens (primary N) is 2. The topological polar surface area (TPSA) is 125 Å². The van der Waals surface area contributed by atoms with Gasteiger partial charge in [0, 0.05) is 34.5 Å². The minimum atomic E-state index is -4.39. The van der Waals surface area contributed by atoms with Gasteiger partial charge in [-0.05, 0) is 54.2 Å². The summed E-state index contributed by atoms with van der Waals surface area (Å²) in [5.41, 5.74) is 12.8. The van der Waals surface area contributed by atoms with Gasteiger partial charge in [0.05, 0.1) is 10.0 Å². The minimum Gasteiger partial charge on any atom is -0.480 e. The van der Waals surface area contributed by atoms with E-state index in [1.165, 1.54) is 44.2 Å². The molecule has 0 aliphatic heterocycles. The zero-order valence-electron chi connectivity index (χ0n) is 22.9. The van der Waals surface area contributed by atoms with Crippen molar-refractivity contribution in [3.05, 3.63) is 62.1 Å². The molecule has 0 radical (unpaired) electrons. The minimum absolute atomic E-state index is 0.0557. The molecule has 41 heavy (non-hydrogen) atoms. The summed E-state index contributed by atoms with van der Waals surface area (Å²) < 4.78 is 36.3. The SMILES string of the molecule is CC(C)CNC(=O)C(F)(F)C(=O)[C@@H](C(C)C)C(N)[C@H](Cc1ccc(Cl)c(Cl)c1)C(Oc1cc(Cl)cc(Cl)c1)C(N)=O. The maximum atomic E-state index is 15.2. The van der Waals surface area contributed by atoms with Crippen LogP contribution in [0.15, 0.2) is 36.4 Å². The Morgan fingerprint density at radius 1 is 0.951 bits per heavy atom. The fourth-order valence-corrected chi connectivity index (χ4v) is 5.23. The van der Waals surface area contributed by atoms with Crippen molar-refractivity contribution in [2.45, 2.75) is 52.2 Å². The summed E-state index contributed by atoms with van der Waals surface area (Å²) in [5.74, 6) is -12.4. The number of hydrogen-bond acceptors (Lipinski definition) is 5. The van der Waals surface area contributed by atoms with Crippen LogP contribution in [0.3, 0.4) is 0 Å². The lowest BCUT2D eigenvalue weighted by Crippen LogP contribution is -2.58. The van der Waals surface area contributed by atoms with E-state index in [1.807, 2.05) is 0 Å². The standard InChI is InChI=1S/C28H33Cl4F2N3O4/c1-13(2)12-37-27(40)28(33,34)25(38)22(14(3)4)23(35)19(7-15-5-6-20(31)21(32)8-15)24(26(36)39)41-18-10-16(29)9-17(30)11-18/h5-6,8-11,13-14,19,22-24H,7,12,35H2,1-4H3,(H2,36,39)(H,37,40)/t19-,22-,23?,24?/m0/s1. The summed E-state index contributed by atoms with van der Waals surface area (Å²) in [7, 11) is 0. The maximum absolute atomic E-state index is 15.2. The molecule has 7 nitrogen and oxygen atoms in total. The predicted molar refractivity (Wildman–Crippen MR) is 158 cm³/mol. The number of primary amides is 1. The molecule has 2 unspecified atom stereocenters. The lowest BCUT2D eigenvalue weighted by Gasteiger charge is -2.37. The van der Waals surface area contributed by atoms with Crippen molar-refractivity contribution < 1.29 is 27.9 Å². The third kappa shape index (κ3) is 9.41. The van der Waals surface area contributed by atoms with Gasteiger partial charge in [0.1, 0.15) is 5.75 Å². The smallest absolute Gasteiger partial charge is 0.381 e. The van der Waals surface area contributed by atoms with Crippen molar-refractivity contribution in [1.82, 2.24) is 5.32 Å². The molecule has 2 rings (SSSR count). The molecule has 0 bridgehead atoms. The predicted octanol–water partition coefficient (Wildman–Crippen LogP) is 5.97. The molecule has 0 spiro atoms. The van der Waals surface area contributed by atoms with Crippen LogP contribution in [0.5, 0.6) is 5.75 Å². The highest BCUT2D eigenvalue weighted by molar-refractivity contribution is 6.42. The van der Waals surface area contributed by atoms with Crippen LogP contribution < -0.4 is 21.5 Å². The third-order valence-corrected chi connectivity index (χ3v) is 7.59. The molecule has 0 fully saturated rings. The number of Topliss-reactive ketones (excluding diaryl/α,β-unsaturated/α-hetero) is 1. The van der Waals surface area contributed by atoms with Crippen LogP contribution in [0.2, 0.25) is 20.1 Å². The Morgan fingerprint density at radius 3 is 2.02 bits per heavy atom. The highest BCUT2D eigenvalue weighted by Crippen LogP contribution is 2.34. The van der Waals surface area contributed by atoms with Crippen LogP contribution in [0, 0.1) is 23.7 Å². The van der Waals surface area contributed by atoms with E-state index in [-0.39, 0.29) is 44.7 Å². The van der Waals surface area contributed by atoms with Gasteiger partial charge in [0.2, 0.25) is 5.78 Å². The molecule has 0 aliphatic rings. The molecular formula is C28H33Cl4F2N3O4. The second-order valence-electron chi connectivity index (χ2n) is 10.6. The van der Waals surface area contributed by atoms with Crippen molar-refractivity contribution in [1.29, 1.82) is 0 Å². The van der Waals surface area contributed by atoms with Crippen LogP contribution in [0.25, 0.3) is 0 Å². The van der Waals surface area contributed by atoms with Gasteiger partial charge in [-0.2, -0.15) is 8.78 Å². The molecule has 13 heteroatoms. The Morgan fingerprint density at radius 2 is 1.54 bits per heavy atom. The highest BCUT2D eigenvalue weighted by Gasteiger charge is 2.53. The van der Waals surface area contributed by atoms with Crippen LogP contribution in [-0.4, -0.2) is 42.2 Å². The number of rotatable bonds is 14. The van der Waals surface area contributed by atoms with Crippen molar-refractivity contribution in [2.24, 2.45) is 35.1 Å². The number of amides is 2. The molecule has 226 valence electrons. The number of halogens is 6. The Balaban J connectivity index is 2.59. The first-order valence-electron chi connectivity index (χ1n) is 12.8. The molecule has 2 amide bonds. The number of nitrogens with one attached hydrogen (secondary N) is 1. The van der Waals surface area contributed by atoms with Gasteiger partial charge in [-0.1, -0.05) is 80.2 Å². The Kier molecular flexibility index (Phi) is 12.7. The van der Waals surface area contributed by atoms with E-state index in [2.05, 4.69) is 5.32 Å². The molecule has 2 aromatic rings. The molecule has 0 heterocycles. The van der Waals surface area contributed by atoms with Gasteiger partial charge in [0.25, 0.3) is 11.8 Å². The average Bonchev–Trinajstić information content (AvgIpc) is 2.85. The van der Waals surface area contributed by atoms with E-state index in [9.17, 15) is 14.4 Å². The number of ketones is 1. The second-order valence-corrected chi connectivity index (χ2v) is 12.2. The maximum Gasteiger partial charge on any atom is 0.381 e. The summed E-state index contributed by atoms with van der Waals surface area (Å²) in [4.78, 5) is 38.5. The van der Waals surface area contributed by atoms with Gasteiger partial charge < -0.3 is 21.5 Å². The Bertz CT molecular complexity index is 1240. The molecule has 0 aromatic heterocycles. The first kappa shape index (κ1) is 35.0. The molecule has 5 N–H and O–H groups in total. The van der Waals surface area contributed by atoms with Gasteiger partial charge in [-0.25, -0.2) is 0 Å². The molecule has 4 atom stereocenters. The van der Waals surface area contributed by atoms with E-state index < -0.39 is 53.4 Å². The third-order valence-electron chi connectivity index (χ3n) is 6.42. The summed E-state index contributed by atoms with van der Waals surface area (Å²) in [6, 6.07) is 7.38. The van der Waals surface area contributed by atoms with Crippen LogP contribution in [0.4, 0.5) is 8.78 Å². The van der Waals surface area contributed by atoms with Gasteiger partial charge in [0.15, 0.2) is 6.10 Å². The summed E-state index contributed by atoms with van der Waals surface area (Å²) in [5, 5.41) is 2.95. The van der Waals surface area contributed by atoms with E-state index in [1.54, 1.807) is 19.9 Å². The Hall–Kier alpha value is -2.17. The van der Waals surface area contributed by atoms with Crippen LogP contribution >= 0.6 is 46.4 Å². The normalized spacial score (nSPS) is 14.9. The zero-order valence-corrected chi connectivity index (χ0v) is 25.9. The van der Waals surface area contributed by atoms with E-state index >= 15 is 8.78 Å². The number of alkyl halides is 2. The first-order valence-corrected chi connectivity index (χ1v) is 14.3. The Labute approximate surface area is 258 Å². The molecule has 0 aliphatic carbocycles. The average molecular weight is 655 g/mol. The van der Waals surface area contributed by atoms with Crippen molar-refractivity contribution >= 4 is 64.0 Å². The van der Waals surface area contributed by atoms with Gasteiger partial charge >= 0.3 is 5.92 Å². The van der Waals surface area contributed by atoms with E-state index in [4.69, 9.17) is 62.6 Å². The largest absolute Gasteiger partial charge is 0.480 e. The van der Waals surface area contributed by atoms with Crippen molar-refractivity contribution in [2.75, 3.05) is 6.54 Å². The number of ether oxygens (including phenoxy) is 1. The molecule has 0 saturated heterocycles. The highest BCUT2D eigenvalue weighted by atomic mass is 35.5. The van der Waals surface area contributed by atoms with Crippen LogP contribution in [0.1, 0.15) is 33.3 Å². The monoisotopic (exact) mass is 653 g/mol. The number of carbonyl (C=O) groups is 3. The lowest BCUT2D eigenvalue weighted by atomic mass is 9.73. The van der Waals surface area contributed by atoms with E-state index in [0.717, 1.165) is 0 Å².